The second kappa shape index (κ2) is 9.91. The number of nitrogens with zero attached hydrogens (tertiary/aromatic N) is 1. The summed E-state index contributed by atoms with van der Waals surface area (Å²) in [4.78, 5) is 28.9. The van der Waals surface area contributed by atoms with Crippen LogP contribution >= 0.6 is 15.9 Å². The number of pyridine rings is 1. The number of rotatable bonds is 8. The highest BCUT2D eigenvalue weighted by atomic mass is 79.9. The van der Waals surface area contributed by atoms with Gasteiger partial charge in [-0.3, -0.25) is 4.79 Å². The van der Waals surface area contributed by atoms with Crippen LogP contribution in [0.1, 0.15) is 22.8 Å². The number of carbonyl (C=O) groups is 2. The molecule has 27 heavy (non-hydrogen) atoms. The van der Waals surface area contributed by atoms with Crippen molar-refractivity contribution >= 4 is 27.8 Å². The highest BCUT2D eigenvalue weighted by Gasteiger charge is 2.24. The Labute approximate surface area is 166 Å². The molecular formula is C19H21BrN2O5. The summed E-state index contributed by atoms with van der Waals surface area (Å²) >= 11 is 3.23. The average molecular weight is 437 g/mol. The molecule has 0 aliphatic rings. The van der Waals surface area contributed by atoms with Gasteiger partial charge in [-0.25, -0.2) is 9.78 Å². The molecule has 0 saturated carbocycles. The third-order valence-corrected chi connectivity index (χ3v) is 4.19. The van der Waals surface area contributed by atoms with E-state index in [0.29, 0.717) is 21.7 Å². The molecule has 1 N–H and O–H groups in total. The van der Waals surface area contributed by atoms with Gasteiger partial charge >= 0.3 is 5.97 Å². The second-order valence-electron chi connectivity index (χ2n) is 5.54. The number of carbonyl (C=O) groups excluding carboxylic acids is 2. The lowest BCUT2D eigenvalue weighted by atomic mass is 10.0. The predicted octanol–water partition coefficient (Wildman–Crippen LogP) is 2.77. The Morgan fingerprint density at radius 1 is 1.15 bits per heavy atom. The zero-order valence-electron chi connectivity index (χ0n) is 15.3. The van der Waals surface area contributed by atoms with Crippen LogP contribution in [0, 0.1) is 0 Å². The van der Waals surface area contributed by atoms with Crippen molar-refractivity contribution in [3.63, 3.8) is 0 Å². The maximum atomic E-state index is 12.5. The minimum absolute atomic E-state index is 0.220. The van der Waals surface area contributed by atoms with Gasteiger partial charge in [-0.1, -0.05) is 6.07 Å². The molecule has 0 spiro atoms. The summed E-state index contributed by atoms with van der Waals surface area (Å²) in [6, 6.07) is 7.62. The Balaban J connectivity index is 2.22. The molecule has 8 heteroatoms. The molecule has 1 aromatic carbocycles. The normalized spacial score (nSPS) is 11.4. The van der Waals surface area contributed by atoms with Crippen LogP contribution < -0.4 is 14.8 Å². The van der Waals surface area contributed by atoms with E-state index in [1.807, 2.05) is 6.07 Å². The largest absolute Gasteiger partial charge is 0.493 e. The molecule has 144 valence electrons. The summed E-state index contributed by atoms with van der Waals surface area (Å²) in [6.45, 7) is 1.94. The molecule has 7 nitrogen and oxygen atoms in total. The fraction of sp³-hybridized carbons (Fsp3) is 0.316. The third kappa shape index (κ3) is 5.68. The van der Waals surface area contributed by atoms with Crippen LogP contribution in [0.15, 0.2) is 41.1 Å². The van der Waals surface area contributed by atoms with Crippen molar-refractivity contribution in [1.82, 2.24) is 10.3 Å². The first-order valence-corrected chi connectivity index (χ1v) is 9.07. The van der Waals surface area contributed by atoms with Crippen LogP contribution in [0.2, 0.25) is 0 Å². The first-order valence-electron chi connectivity index (χ1n) is 8.28. The minimum Gasteiger partial charge on any atom is -0.493 e. The molecule has 0 bridgehead atoms. The lowest BCUT2D eigenvalue weighted by molar-refractivity contribution is -0.145. The van der Waals surface area contributed by atoms with E-state index in [1.54, 1.807) is 38.3 Å². The number of hydrogen-bond acceptors (Lipinski definition) is 6. The summed E-state index contributed by atoms with van der Waals surface area (Å²) in [7, 11) is 3.08. The average Bonchev–Trinajstić information content (AvgIpc) is 2.67. The lowest BCUT2D eigenvalue weighted by Crippen LogP contribution is -2.43. The van der Waals surface area contributed by atoms with Crippen LogP contribution in [0.3, 0.4) is 0 Å². The molecule has 2 rings (SSSR count). The van der Waals surface area contributed by atoms with Crippen molar-refractivity contribution in [2.24, 2.45) is 0 Å². The molecule has 1 amide bonds. The van der Waals surface area contributed by atoms with E-state index < -0.39 is 17.9 Å². The molecule has 0 radical (unpaired) electrons. The first-order chi connectivity index (χ1) is 13.0. The van der Waals surface area contributed by atoms with Crippen LogP contribution in [0.25, 0.3) is 0 Å². The molecular weight excluding hydrogens is 416 g/mol. The Morgan fingerprint density at radius 3 is 2.52 bits per heavy atom. The Morgan fingerprint density at radius 2 is 1.89 bits per heavy atom. The van der Waals surface area contributed by atoms with Gasteiger partial charge in [0, 0.05) is 18.2 Å². The zero-order valence-corrected chi connectivity index (χ0v) is 16.9. The lowest BCUT2D eigenvalue weighted by Gasteiger charge is -2.18. The fourth-order valence-electron chi connectivity index (χ4n) is 2.46. The van der Waals surface area contributed by atoms with Gasteiger partial charge in [-0.05, 0) is 52.7 Å². The van der Waals surface area contributed by atoms with Crippen LogP contribution in [-0.2, 0) is 16.0 Å². The maximum absolute atomic E-state index is 12.5. The van der Waals surface area contributed by atoms with Crippen molar-refractivity contribution in [1.29, 1.82) is 0 Å². The summed E-state index contributed by atoms with van der Waals surface area (Å²) in [5.74, 6) is 0.229. The van der Waals surface area contributed by atoms with E-state index in [2.05, 4.69) is 26.2 Å². The van der Waals surface area contributed by atoms with Gasteiger partial charge in [-0.2, -0.15) is 0 Å². The highest BCUT2D eigenvalue weighted by molar-refractivity contribution is 9.10. The van der Waals surface area contributed by atoms with Gasteiger partial charge in [0.15, 0.2) is 11.5 Å². The molecule has 0 aliphatic heterocycles. The number of nitrogens with one attached hydrogen (secondary N) is 1. The maximum Gasteiger partial charge on any atom is 0.328 e. The summed E-state index contributed by atoms with van der Waals surface area (Å²) in [5, 5.41) is 2.73. The number of aromatic nitrogens is 1. The van der Waals surface area contributed by atoms with Crippen molar-refractivity contribution in [3.05, 3.63) is 52.3 Å². The smallest absolute Gasteiger partial charge is 0.328 e. The molecule has 0 fully saturated rings. The minimum atomic E-state index is -0.845. The van der Waals surface area contributed by atoms with E-state index in [1.165, 1.54) is 13.3 Å². The number of esters is 1. The van der Waals surface area contributed by atoms with Crippen LogP contribution in [0.4, 0.5) is 0 Å². The first kappa shape index (κ1) is 20.7. The van der Waals surface area contributed by atoms with Crippen molar-refractivity contribution in [3.8, 4) is 11.5 Å². The van der Waals surface area contributed by atoms with E-state index in [0.717, 1.165) is 5.56 Å². The Hall–Kier alpha value is -2.61. The standard InChI is InChI=1S/C19H21BrN2O5/c1-4-27-19(24)14(22-18(23)13-7-8-21-17(20)11-13)9-12-5-6-15(25-2)16(10-12)26-3/h5-8,10-11,14H,4,9H2,1-3H3,(H,22,23). The highest BCUT2D eigenvalue weighted by Crippen LogP contribution is 2.28. The van der Waals surface area contributed by atoms with Crippen LogP contribution in [0.5, 0.6) is 11.5 Å². The number of halogens is 1. The van der Waals surface area contributed by atoms with Gasteiger partial charge in [0.1, 0.15) is 10.6 Å². The Kier molecular flexibility index (Phi) is 7.60. The van der Waals surface area contributed by atoms with Gasteiger partial charge in [-0.15, -0.1) is 0 Å². The molecule has 1 atom stereocenters. The number of benzene rings is 1. The zero-order chi connectivity index (χ0) is 19.8. The molecule has 1 unspecified atom stereocenters. The topological polar surface area (TPSA) is 86.8 Å². The number of hydrogen-bond donors (Lipinski definition) is 1. The monoisotopic (exact) mass is 436 g/mol. The molecule has 1 heterocycles. The van der Waals surface area contributed by atoms with E-state index in [-0.39, 0.29) is 13.0 Å². The number of methoxy groups -OCH3 is 2. The summed E-state index contributed by atoms with van der Waals surface area (Å²) in [6.07, 6.45) is 1.75. The van der Waals surface area contributed by atoms with E-state index in [4.69, 9.17) is 14.2 Å². The molecule has 1 aromatic heterocycles. The predicted molar refractivity (Wildman–Crippen MR) is 103 cm³/mol. The quantitative estimate of drug-likeness (QED) is 0.505. The van der Waals surface area contributed by atoms with Gasteiger partial charge < -0.3 is 19.5 Å². The van der Waals surface area contributed by atoms with E-state index >= 15 is 0 Å². The van der Waals surface area contributed by atoms with E-state index in [9.17, 15) is 9.59 Å². The van der Waals surface area contributed by atoms with Crippen LogP contribution in [-0.4, -0.2) is 43.7 Å². The molecule has 0 aliphatic carbocycles. The van der Waals surface area contributed by atoms with Gasteiger partial charge in [0.25, 0.3) is 5.91 Å². The van der Waals surface area contributed by atoms with Gasteiger partial charge in [0.05, 0.1) is 20.8 Å². The SMILES string of the molecule is CCOC(=O)C(Cc1ccc(OC)c(OC)c1)NC(=O)c1ccnc(Br)c1. The fourth-order valence-corrected chi connectivity index (χ4v) is 2.83. The summed E-state index contributed by atoms with van der Waals surface area (Å²) in [5.41, 5.74) is 1.18. The number of ether oxygens (including phenoxy) is 3. The summed E-state index contributed by atoms with van der Waals surface area (Å²) < 4.78 is 16.1. The molecule has 0 saturated heterocycles. The van der Waals surface area contributed by atoms with Crippen molar-refractivity contribution in [2.45, 2.75) is 19.4 Å². The van der Waals surface area contributed by atoms with Crippen molar-refractivity contribution < 1.29 is 23.8 Å². The van der Waals surface area contributed by atoms with Gasteiger partial charge in [0.2, 0.25) is 0 Å². The molecule has 2 aromatic rings. The second-order valence-corrected chi connectivity index (χ2v) is 6.35. The Bertz CT molecular complexity index is 812. The van der Waals surface area contributed by atoms with Crippen molar-refractivity contribution in [2.75, 3.05) is 20.8 Å². The third-order valence-electron chi connectivity index (χ3n) is 3.75. The number of amides is 1.